The van der Waals surface area contributed by atoms with Gasteiger partial charge >= 0.3 is 0 Å². The van der Waals surface area contributed by atoms with Gasteiger partial charge in [0.1, 0.15) is 5.82 Å². The first-order valence-corrected chi connectivity index (χ1v) is 6.53. The molecule has 0 atom stereocenters. The number of nitrogens with two attached hydrogens (primary N) is 1. The zero-order valence-electron chi connectivity index (χ0n) is 7.87. The van der Waals surface area contributed by atoms with Gasteiger partial charge in [-0.25, -0.2) is 4.98 Å². The van der Waals surface area contributed by atoms with Gasteiger partial charge in [-0.2, -0.15) is 4.98 Å². The van der Waals surface area contributed by atoms with Crippen molar-refractivity contribution in [3.63, 3.8) is 0 Å². The third kappa shape index (κ3) is 2.58. The zero-order chi connectivity index (χ0) is 11.7. The van der Waals surface area contributed by atoms with E-state index in [1.807, 2.05) is 18.2 Å². The smallest absolute Gasteiger partial charge is 0.224 e. The lowest BCUT2D eigenvalue weighted by molar-refractivity contribution is 1.05. The second kappa shape index (κ2) is 4.76. The Kier molecular flexibility index (Phi) is 3.55. The van der Waals surface area contributed by atoms with Crippen LogP contribution < -0.4 is 5.73 Å². The summed E-state index contributed by atoms with van der Waals surface area (Å²) >= 11 is 10.6. The Balaban J connectivity index is 2.66. The first-order chi connectivity index (χ1) is 7.56. The maximum absolute atomic E-state index is 5.59. The molecule has 82 valence electrons. The normalized spacial score (nSPS) is 10.4. The fraction of sp³-hybridized carbons (Fsp3) is 0. The van der Waals surface area contributed by atoms with Crippen molar-refractivity contribution in [2.75, 3.05) is 5.73 Å². The molecule has 1 aromatic carbocycles. The Labute approximate surface area is 119 Å². The maximum atomic E-state index is 5.59. The van der Waals surface area contributed by atoms with E-state index in [1.54, 1.807) is 0 Å². The Bertz CT molecular complexity index is 598. The summed E-state index contributed by atoms with van der Waals surface area (Å²) < 4.78 is 2.26. The Morgan fingerprint density at radius 3 is 2.81 bits per heavy atom. The molecular weight excluding hydrogens is 403 g/mol. The van der Waals surface area contributed by atoms with Gasteiger partial charge in [0, 0.05) is 13.6 Å². The minimum atomic E-state index is 0.233. The van der Waals surface area contributed by atoms with Crippen molar-refractivity contribution in [1.29, 1.82) is 0 Å². The standard InChI is InChI=1S/C9H6BrIN4S/c10-6-2-1-4(11)3-5(6)7-13-8(12)15-9(16)14-7/h1-3H,(H3,12,13,14,15,16). The van der Waals surface area contributed by atoms with Crippen molar-refractivity contribution < 1.29 is 0 Å². The third-order valence-electron chi connectivity index (χ3n) is 1.85. The summed E-state index contributed by atoms with van der Waals surface area (Å²) in [4.78, 5) is 10.8. The second-order valence-electron chi connectivity index (χ2n) is 2.99. The fourth-order valence-corrected chi connectivity index (χ4v) is 2.32. The average molecular weight is 409 g/mol. The SMILES string of the molecule is Nc1nc(=S)nc(-c2cc(I)ccc2Br)[nH]1. The summed E-state index contributed by atoms with van der Waals surface area (Å²) in [6.45, 7) is 0. The van der Waals surface area contributed by atoms with E-state index in [9.17, 15) is 0 Å². The molecule has 0 radical (unpaired) electrons. The Hall–Kier alpha value is -0.540. The van der Waals surface area contributed by atoms with Gasteiger partial charge in [0.2, 0.25) is 10.7 Å². The molecule has 4 nitrogen and oxygen atoms in total. The molecule has 0 fully saturated rings. The highest BCUT2D eigenvalue weighted by Gasteiger charge is 2.07. The van der Waals surface area contributed by atoms with Crippen molar-refractivity contribution in [2.24, 2.45) is 0 Å². The van der Waals surface area contributed by atoms with Gasteiger partial charge in [-0.1, -0.05) is 15.9 Å². The molecule has 3 N–H and O–H groups in total. The van der Waals surface area contributed by atoms with Crippen molar-refractivity contribution in [3.8, 4) is 11.4 Å². The van der Waals surface area contributed by atoms with Gasteiger partial charge in [0.15, 0.2) is 0 Å². The minimum Gasteiger partial charge on any atom is -0.369 e. The highest BCUT2D eigenvalue weighted by Crippen LogP contribution is 2.27. The predicted molar refractivity (Wildman–Crippen MR) is 77.5 cm³/mol. The van der Waals surface area contributed by atoms with Gasteiger partial charge in [-0.3, -0.25) is 0 Å². The maximum Gasteiger partial charge on any atom is 0.224 e. The fourth-order valence-electron chi connectivity index (χ4n) is 1.21. The van der Waals surface area contributed by atoms with Crippen LogP contribution in [0.15, 0.2) is 22.7 Å². The molecule has 0 aliphatic carbocycles. The lowest BCUT2D eigenvalue weighted by Crippen LogP contribution is -2.00. The monoisotopic (exact) mass is 408 g/mol. The van der Waals surface area contributed by atoms with Gasteiger partial charge in [-0.15, -0.1) is 0 Å². The van der Waals surface area contributed by atoms with E-state index in [1.165, 1.54) is 0 Å². The third-order valence-corrected chi connectivity index (χ3v) is 3.40. The highest BCUT2D eigenvalue weighted by atomic mass is 127. The van der Waals surface area contributed by atoms with Gasteiger partial charge in [-0.05, 0) is 53.0 Å². The number of hydrogen-bond acceptors (Lipinski definition) is 4. The number of nitrogen functional groups attached to an aromatic ring is 1. The average Bonchev–Trinajstić information content (AvgIpc) is 2.20. The zero-order valence-corrected chi connectivity index (χ0v) is 12.4. The lowest BCUT2D eigenvalue weighted by Gasteiger charge is -2.05. The van der Waals surface area contributed by atoms with Crippen LogP contribution in [0, 0.1) is 8.34 Å². The molecule has 2 rings (SSSR count). The molecule has 0 saturated heterocycles. The van der Waals surface area contributed by atoms with Gasteiger partial charge < -0.3 is 10.7 Å². The van der Waals surface area contributed by atoms with E-state index in [0.717, 1.165) is 13.6 Å². The van der Waals surface area contributed by atoms with E-state index in [2.05, 4.69) is 53.5 Å². The molecular formula is C9H6BrIN4S. The quantitative estimate of drug-likeness (QED) is 0.561. The minimum absolute atomic E-state index is 0.233. The molecule has 2 aromatic rings. The number of aromatic amines is 1. The highest BCUT2D eigenvalue weighted by molar-refractivity contribution is 14.1. The molecule has 16 heavy (non-hydrogen) atoms. The van der Waals surface area contributed by atoms with E-state index in [4.69, 9.17) is 18.0 Å². The van der Waals surface area contributed by atoms with Crippen LogP contribution in [0.3, 0.4) is 0 Å². The van der Waals surface area contributed by atoms with Crippen LogP contribution in [-0.4, -0.2) is 15.0 Å². The van der Waals surface area contributed by atoms with E-state index >= 15 is 0 Å². The van der Waals surface area contributed by atoms with Gasteiger partial charge in [0.05, 0.1) is 0 Å². The molecule has 0 spiro atoms. The first kappa shape index (κ1) is 11.9. The van der Waals surface area contributed by atoms with Crippen LogP contribution >= 0.6 is 50.7 Å². The predicted octanol–water partition coefficient (Wildman–Crippen LogP) is 3.15. The van der Waals surface area contributed by atoms with Crippen molar-refractivity contribution in [3.05, 3.63) is 31.0 Å². The molecule has 0 aliphatic heterocycles. The first-order valence-electron chi connectivity index (χ1n) is 4.25. The van der Waals surface area contributed by atoms with Crippen molar-refractivity contribution in [2.45, 2.75) is 0 Å². The summed E-state index contributed by atoms with van der Waals surface area (Å²) in [5, 5.41) is 0. The van der Waals surface area contributed by atoms with Crippen molar-refractivity contribution >= 4 is 56.7 Å². The number of halogens is 2. The summed E-state index contributed by atoms with van der Waals surface area (Å²) in [5.41, 5.74) is 6.50. The summed E-state index contributed by atoms with van der Waals surface area (Å²) in [7, 11) is 0. The molecule has 0 saturated carbocycles. The summed E-state index contributed by atoms with van der Waals surface area (Å²) in [5.74, 6) is 0.878. The second-order valence-corrected chi connectivity index (χ2v) is 5.45. The Morgan fingerprint density at radius 2 is 2.12 bits per heavy atom. The Morgan fingerprint density at radius 1 is 1.38 bits per heavy atom. The lowest BCUT2D eigenvalue weighted by atomic mass is 10.2. The van der Waals surface area contributed by atoms with Crippen LogP contribution in [0.2, 0.25) is 0 Å². The van der Waals surface area contributed by atoms with Gasteiger partial charge in [0.25, 0.3) is 0 Å². The molecule has 1 heterocycles. The number of hydrogen-bond donors (Lipinski definition) is 2. The molecule has 0 unspecified atom stereocenters. The van der Waals surface area contributed by atoms with Crippen LogP contribution in [0.25, 0.3) is 11.4 Å². The van der Waals surface area contributed by atoms with E-state index < -0.39 is 0 Å². The number of aromatic nitrogens is 3. The van der Waals surface area contributed by atoms with Crippen LogP contribution in [0.1, 0.15) is 0 Å². The van der Waals surface area contributed by atoms with Crippen LogP contribution in [0.4, 0.5) is 5.95 Å². The molecule has 0 amide bonds. The number of anilines is 1. The van der Waals surface area contributed by atoms with E-state index in [0.29, 0.717) is 5.82 Å². The molecule has 0 bridgehead atoms. The van der Waals surface area contributed by atoms with E-state index in [-0.39, 0.29) is 10.7 Å². The largest absolute Gasteiger partial charge is 0.369 e. The number of rotatable bonds is 1. The number of benzene rings is 1. The number of H-pyrrole nitrogens is 1. The van der Waals surface area contributed by atoms with Crippen molar-refractivity contribution in [1.82, 2.24) is 15.0 Å². The number of nitrogens with zero attached hydrogens (tertiary/aromatic N) is 2. The topological polar surface area (TPSA) is 67.6 Å². The summed E-state index contributed by atoms with van der Waals surface area (Å²) in [6, 6.07) is 5.93. The molecule has 7 heteroatoms. The van der Waals surface area contributed by atoms with Crippen LogP contribution in [-0.2, 0) is 0 Å². The number of nitrogens with one attached hydrogen (secondary N) is 1. The molecule has 0 aliphatic rings. The van der Waals surface area contributed by atoms with Crippen LogP contribution in [0.5, 0.6) is 0 Å². The summed E-state index contributed by atoms with van der Waals surface area (Å²) in [6.07, 6.45) is 0. The molecule has 1 aromatic heterocycles.